The molecule has 1 aromatic heterocycles. The van der Waals surface area contributed by atoms with E-state index in [2.05, 4.69) is 6.07 Å². The summed E-state index contributed by atoms with van der Waals surface area (Å²) < 4.78 is 15.8. The van der Waals surface area contributed by atoms with Crippen molar-refractivity contribution in [1.29, 1.82) is 5.26 Å². The Hall–Kier alpha value is -2.94. The second-order valence-electron chi connectivity index (χ2n) is 4.78. The summed E-state index contributed by atoms with van der Waals surface area (Å²) in [5, 5.41) is 8.77. The molecule has 1 aliphatic heterocycles. The van der Waals surface area contributed by atoms with E-state index in [0.29, 0.717) is 35.9 Å². The summed E-state index contributed by atoms with van der Waals surface area (Å²) in [6, 6.07) is 10.7. The summed E-state index contributed by atoms with van der Waals surface area (Å²) in [7, 11) is 0. The molecule has 6 nitrogen and oxygen atoms in total. The van der Waals surface area contributed by atoms with E-state index in [1.807, 2.05) is 0 Å². The number of nitriles is 1. The van der Waals surface area contributed by atoms with Crippen molar-refractivity contribution in [3.63, 3.8) is 0 Å². The molecule has 0 unspecified atom stereocenters. The molecule has 0 N–H and O–H groups in total. The third-order valence-electron chi connectivity index (χ3n) is 3.33. The second-order valence-corrected chi connectivity index (χ2v) is 4.78. The van der Waals surface area contributed by atoms with Gasteiger partial charge in [-0.05, 0) is 30.3 Å². The molecule has 0 fully saturated rings. The number of hydrogen-bond acceptors (Lipinski definition) is 5. The molecule has 0 bridgehead atoms. The molecule has 1 aromatic carbocycles. The number of benzene rings is 1. The van der Waals surface area contributed by atoms with Crippen LogP contribution in [0.5, 0.6) is 11.5 Å². The number of ether oxygens (including phenoxy) is 2. The number of fused-ring (bicyclic) bond motifs is 1. The fourth-order valence-electron chi connectivity index (χ4n) is 2.24. The van der Waals surface area contributed by atoms with Crippen molar-refractivity contribution in [2.24, 2.45) is 0 Å². The maximum absolute atomic E-state index is 12.7. The van der Waals surface area contributed by atoms with Gasteiger partial charge < -0.3 is 18.8 Å². The van der Waals surface area contributed by atoms with E-state index in [9.17, 15) is 4.79 Å². The Kier molecular flexibility index (Phi) is 3.97. The van der Waals surface area contributed by atoms with Gasteiger partial charge in [0.15, 0.2) is 11.5 Å². The van der Waals surface area contributed by atoms with Crippen LogP contribution in [0.1, 0.15) is 22.5 Å². The third kappa shape index (κ3) is 2.88. The number of hydrogen-bond donors (Lipinski definition) is 0. The Labute approximate surface area is 127 Å². The van der Waals surface area contributed by atoms with Crippen LogP contribution in [0.25, 0.3) is 0 Å². The van der Waals surface area contributed by atoms with E-state index in [-0.39, 0.29) is 19.1 Å². The molecule has 2 heterocycles. The summed E-state index contributed by atoms with van der Waals surface area (Å²) in [5.41, 5.74) is 0.494. The molecule has 1 aliphatic rings. The average Bonchev–Trinajstić information content (AvgIpc) is 3.21. The molecule has 2 aromatic rings. The fourth-order valence-corrected chi connectivity index (χ4v) is 2.24. The molecule has 112 valence electrons. The summed E-state index contributed by atoms with van der Waals surface area (Å²) in [6.45, 7) is 0.823. The highest BCUT2D eigenvalue weighted by Crippen LogP contribution is 2.32. The van der Waals surface area contributed by atoms with Gasteiger partial charge in [-0.25, -0.2) is 0 Å². The Morgan fingerprint density at radius 2 is 2.14 bits per heavy atom. The van der Waals surface area contributed by atoms with E-state index in [0.717, 1.165) is 0 Å². The SMILES string of the molecule is N#CCCN(Cc1ccco1)C(=O)c1ccc2c(c1)OCO2. The van der Waals surface area contributed by atoms with Gasteiger partial charge in [0.2, 0.25) is 6.79 Å². The average molecular weight is 298 g/mol. The Bertz CT molecular complexity index is 703. The van der Waals surface area contributed by atoms with Gasteiger partial charge in [-0.3, -0.25) is 4.79 Å². The van der Waals surface area contributed by atoms with Crippen LogP contribution < -0.4 is 9.47 Å². The van der Waals surface area contributed by atoms with Crippen molar-refractivity contribution >= 4 is 5.91 Å². The van der Waals surface area contributed by atoms with E-state index in [4.69, 9.17) is 19.2 Å². The standard InChI is InChI=1S/C16H14N2O4/c17-6-2-7-18(10-13-3-1-8-20-13)16(19)12-4-5-14-15(9-12)22-11-21-14/h1,3-5,8-9H,2,7,10-11H2. The predicted octanol–water partition coefficient (Wildman–Crippen LogP) is 2.56. The van der Waals surface area contributed by atoms with Gasteiger partial charge in [0.1, 0.15) is 5.76 Å². The minimum absolute atomic E-state index is 0.164. The minimum Gasteiger partial charge on any atom is -0.467 e. The molecule has 22 heavy (non-hydrogen) atoms. The summed E-state index contributed by atoms with van der Waals surface area (Å²) in [4.78, 5) is 14.2. The zero-order valence-electron chi connectivity index (χ0n) is 11.8. The van der Waals surface area contributed by atoms with Gasteiger partial charge in [0, 0.05) is 12.1 Å². The molecule has 6 heteroatoms. The lowest BCUT2D eigenvalue weighted by Crippen LogP contribution is -2.31. The monoisotopic (exact) mass is 298 g/mol. The maximum Gasteiger partial charge on any atom is 0.254 e. The molecular weight excluding hydrogens is 284 g/mol. The molecule has 0 saturated heterocycles. The second kappa shape index (κ2) is 6.22. The summed E-state index contributed by atoms with van der Waals surface area (Å²) in [6.07, 6.45) is 1.82. The molecule has 0 saturated carbocycles. The lowest BCUT2D eigenvalue weighted by atomic mass is 10.1. The lowest BCUT2D eigenvalue weighted by molar-refractivity contribution is 0.0735. The van der Waals surface area contributed by atoms with Gasteiger partial charge >= 0.3 is 0 Å². The highest BCUT2D eigenvalue weighted by atomic mass is 16.7. The zero-order valence-corrected chi connectivity index (χ0v) is 11.8. The summed E-state index contributed by atoms with van der Waals surface area (Å²) in [5.74, 6) is 1.69. The normalized spacial score (nSPS) is 12.0. The zero-order chi connectivity index (χ0) is 15.4. The maximum atomic E-state index is 12.7. The first-order valence-electron chi connectivity index (χ1n) is 6.86. The minimum atomic E-state index is -0.176. The molecular formula is C16H14N2O4. The number of carbonyl (C=O) groups is 1. The smallest absolute Gasteiger partial charge is 0.254 e. The number of nitrogens with zero attached hydrogens (tertiary/aromatic N) is 2. The van der Waals surface area contributed by atoms with Crippen molar-refractivity contribution in [3.05, 3.63) is 47.9 Å². The molecule has 3 rings (SSSR count). The lowest BCUT2D eigenvalue weighted by Gasteiger charge is -2.20. The van der Waals surface area contributed by atoms with E-state index < -0.39 is 0 Å². The number of rotatable bonds is 5. The van der Waals surface area contributed by atoms with Crippen LogP contribution in [0.2, 0.25) is 0 Å². The van der Waals surface area contributed by atoms with Gasteiger partial charge in [0.25, 0.3) is 5.91 Å². The molecule has 0 radical (unpaired) electrons. The highest BCUT2D eigenvalue weighted by Gasteiger charge is 2.21. The van der Waals surface area contributed by atoms with Gasteiger partial charge in [-0.2, -0.15) is 5.26 Å². The number of amides is 1. The Morgan fingerprint density at radius 1 is 1.27 bits per heavy atom. The van der Waals surface area contributed by atoms with Crippen LogP contribution in [-0.2, 0) is 6.54 Å². The van der Waals surface area contributed by atoms with Crippen LogP contribution in [0.3, 0.4) is 0 Å². The van der Waals surface area contributed by atoms with Crippen molar-refractivity contribution in [3.8, 4) is 17.6 Å². The predicted molar refractivity (Wildman–Crippen MR) is 76.2 cm³/mol. The van der Waals surface area contributed by atoms with Crippen molar-refractivity contribution < 1.29 is 18.7 Å². The van der Waals surface area contributed by atoms with E-state index in [1.54, 1.807) is 41.5 Å². The Balaban J connectivity index is 1.80. The topological polar surface area (TPSA) is 75.7 Å². The highest BCUT2D eigenvalue weighted by molar-refractivity contribution is 5.95. The molecule has 0 aliphatic carbocycles. The van der Waals surface area contributed by atoms with Crippen molar-refractivity contribution in [2.75, 3.05) is 13.3 Å². The van der Waals surface area contributed by atoms with Crippen LogP contribution in [-0.4, -0.2) is 24.1 Å². The van der Waals surface area contributed by atoms with Gasteiger partial charge in [-0.15, -0.1) is 0 Å². The van der Waals surface area contributed by atoms with Crippen molar-refractivity contribution in [2.45, 2.75) is 13.0 Å². The van der Waals surface area contributed by atoms with Gasteiger partial charge in [0.05, 0.1) is 25.3 Å². The van der Waals surface area contributed by atoms with Gasteiger partial charge in [-0.1, -0.05) is 0 Å². The Morgan fingerprint density at radius 3 is 2.91 bits per heavy atom. The number of furan rings is 1. The quantitative estimate of drug-likeness (QED) is 0.848. The molecule has 1 amide bonds. The van der Waals surface area contributed by atoms with E-state index >= 15 is 0 Å². The van der Waals surface area contributed by atoms with E-state index in [1.165, 1.54) is 0 Å². The molecule has 0 spiro atoms. The number of carbonyl (C=O) groups excluding carboxylic acids is 1. The molecule has 0 atom stereocenters. The van der Waals surface area contributed by atoms with Crippen LogP contribution >= 0.6 is 0 Å². The third-order valence-corrected chi connectivity index (χ3v) is 3.33. The van der Waals surface area contributed by atoms with Crippen LogP contribution in [0.15, 0.2) is 41.0 Å². The van der Waals surface area contributed by atoms with Crippen molar-refractivity contribution in [1.82, 2.24) is 4.90 Å². The fraction of sp³-hybridized carbons (Fsp3) is 0.250. The van der Waals surface area contributed by atoms with Crippen LogP contribution in [0, 0.1) is 11.3 Å². The van der Waals surface area contributed by atoms with Crippen LogP contribution in [0.4, 0.5) is 0 Å². The summed E-state index contributed by atoms with van der Waals surface area (Å²) >= 11 is 0. The largest absolute Gasteiger partial charge is 0.467 e. The first-order valence-corrected chi connectivity index (χ1v) is 6.86. The first kappa shape index (κ1) is 14.0. The first-order chi connectivity index (χ1) is 10.8.